The fourth-order valence-corrected chi connectivity index (χ4v) is 4.17. The second-order valence-corrected chi connectivity index (χ2v) is 7.47. The van der Waals surface area contributed by atoms with E-state index in [9.17, 15) is 14.4 Å². The molecule has 0 aliphatic rings. The maximum Gasteiger partial charge on any atom is 0.470 e. The normalized spacial score (nSPS) is 18.2. The second-order valence-electron chi connectivity index (χ2n) is 6.31. The molecule has 0 fully saturated rings. The summed E-state index contributed by atoms with van der Waals surface area (Å²) in [4.78, 5) is 18.5. The van der Waals surface area contributed by atoms with E-state index in [1.54, 1.807) is 0 Å². The number of hydrogen-bond acceptors (Lipinski definition) is 2. The van der Waals surface area contributed by atoms with Gasteiger partial charge in [0, 0.05) is 0 Å². The minimum atomic E-state index is -4.46. The zero-order valence-corrected chi connectivity index (χ0v) is 15.4. The molecule has 0 heterocycles. The lowest BCUT2D eigenvalue weighted by atomic mass is 9.72. The third-order valence-corrected chi connectivity index (χ3v) is 5.34. The quantitative estimate of drug-likeness (QED) is 0.378. The second kappa shape index (κ2) is 9.99. The molecule has 3 unspecified atom stereocenters. The summed E-state index contributed by atoms with van der Waals surface area (Å²) in [5, 5.41) is 0. The minimum absolute atomic E-state index is 0.196. The van der Waals surface area contributed by atoms with Gasteiger partial charge in [0.25, 0.3) is 0 Å². The van der Waals surface area contributed by atoms with Crippen LogP contribution in [0.5, 0.6) is 0 Å². The standard InChI is InChI=1S/C16H35O4P/c1-6-10-11-13-14(8-3)15(12-7-2)16(5,9-4)20-21(17,18)19/h14-15H,6-13H2,1-5H3,(H2,17,18,19). The third-order valence-electron chi connectivity index (χ3n) is 4.69. The Morgan fingerprint density at radius 1 is 1.05 bits per heavy atom. The number of unbranched alkanes of at least 4 members (excludes halogenated alkanes) is 2. The smallest absolute Gasteiger partial charge is 0.303 e. The van der Waals surface area contributed by atoms with Crippen molar-refractivity contribution in [2.75, 3.05) is 0 Å². The molecule has 0 aliphatic carbocycles. The van der Waals surface area contributed by atoms with Crippen LogP contribution in [0.15, 0.2) is 0 Å². The Labute approximate surface area is 130 Å². The Morgan fingerprint density at radius 3 is 2.05 bits per heavy atom. The summed E-state index contributed by atoms with van der Waals surface area (Å²) in [5.41, 5.74) is -0.748. The van der Waals surface area contributed by atoms with E-state index in [1.165, 1.54) is 19.3 Å². The van der Waals surface area contributed by atoms with Crippen LogP contribution in [0.4, 0.5) is 0 Å². The average molecular weight is 322 g/mol. The molecule has 0 bridgehead atoms. The van der Waals surface area contributed by atoms with E-state index < -0.39 is 13.4 Å². The predicted octanol–water partition coefficient (Wildman–Crippen LogP) is 5.29. The van der Waals surface area contributed by atoms with E-state index in [-0.39, 0.29) is 5.92 Å². The molecule has 0 spiro atoms. The van der Waals surface area contributed by atoms with E-state index in [0.29, 0.717) is 12.3 Å². The molecule has 128 valence electrons. The van der Waals surface area contributed by atoms with E-state index in [2.05, 4.69) is 20.8 Å². The van der Waals surface area contributed by atoms with Crippen molar-refractivity contribution in [3.05, 3.63) is 0 Å². The van der Waals surface area contributed by atoms with Gasteiger partial charge in [0.15, 0.2) is 0 Å². The van der Waals surface area contributed by atoms with Crippen molar-refractivity contribution in [1.82, 2.24) is 0 Å². The lowest BCUT2D eigenvalue weighted by Gasteiger charge is -2.41. The fraction of sp³-hybridized carbons (Fsp3) is 1.00. The summed E-state index contributed by atoms with van der Waals surface area (Å²) in [6.45, 7) is 10.3. The maximum atomic E-state index is 11.4. The zero-order valence-electron chi connectivity index (χ0n) is 14.5. The molecule has 0 radical (unpaired) electrons. The van der Waals surface area contributed by atoms with E-state index in [4.69, 9.17) is 4.52 Å². The molecule has 0 aromatic rings. The first-order chi connectivity index (χ1) is 9.74. The van der Waals surface area contributed by atoms with Crippen molar-refractivity contribution in [3.63, 3.8) is 0 Å². The molecule has 0 rings (SSSR count). The third kappa shape index (κ3) is 7.78. The van der Waals surface area contributed by atoms with Crippen molar-refractivity contribution in [2.45, 2.75) is 91.6 Å². The molecule has 0 aliphatic heterocycles. The predicted molar refractivity (Wildman–Crippen MR) is 88.1 cm³/mol. The number of rotatable bonds is 12. The molecule has 0 amide bonds. The first-order valence-corrected chi connectivity index (χ1v) is 10.0. The van der Waals surface area contributed by atoms with Crippen LogP contribution in [-0.2, 0) is 9.09 Å². The molecule has 3 atom stereocenters. The molecule has 2 N–H and O–H groups in total. The molecule has 4 nitrogen and oxygen atoms in total. The van der Waals surface area contributed by atoms with Crippen LogP contribution >= 0.6 is 7.82 Å². The van der Waals surface area contributed by atoms with Gasteiger partial charge in [-0.2, -0.15) is 0 Å². The average Bonchev–Trinajstić information content (AvgIpc) is 2.40. The Morgan fingerprint density at radius 2 is 1.67 bits per heavy atom. The number of hydrogen-bond donors (Lipinski definition) is 2. The highest BCUT2D eigenvalue weighted by Crippen LogP contribution is 2.49. The van der Waals surface area contributed by atoms with Crippen molar-refractivity contribution in [3.8, 4) is 0 Å². The molecule has 0 saturated heterocycles. The summed E-state index contributed by atoms with van der Waals surface area (Å²) in [6, 6.07) is 0. The lowest BCUT2D eigenvalue weighted by Crippen LogP contribution is -2.40. The highest BCUT2D eigenvalue weighted by Gasteiger charge is 2.41. The monoisotopic (exact) mass is 322 g/mol. The highest BCUT2D eigenvalue weighted by atomic mass is 31.2. The first-order valence-electron chi connectivity index (χ1n) is 8.50. The van der Waals surface area contributed by atoms with Gasteiger partial charge < -0.3 is 9.79 Å². The van der Waals surface area contributed by atoms with Crippen LogP contribution < -0.4 is 0 Å². The van der Waals surface area contributed by atoms with Crippen LogP contribution in [0.3, 0.4) is 0 Å². The number of phosphoric acid groups is 1. The van der Waals surface area contributed by atoms with Gasteiger partial charge in [0.1, 0.15) is 0 Å². The molecule has 0 aromatic heterocycles. The molecule has 0 saturated carbocycles. The van der Waals surface area contributed by atoms with Crippen molar-refractivity contribution in [2.24, 2.45) is 11.8 Å². The highest BCUT2D eigenvalue weighted by molar-refractivity contribution is 7.46. The topological polar surface area (TPSA) is 66.8 Å². The van der Waals surface area contributed by atoms with Crippen molar-refractivity contribution >= 4 is 7.82 Å². The maximum absolute atomic E-state index is 11.4. The molecule has 0 aromatic carbocycles. The van der Waals surface area contributed by atoms with Gasteiger partial charge in [-0.1, -0.05) is 66.2 Å². The Hall–Kier alpha value is 0.110. The van der Waals surface area contributed by atoms with Crippen LogP contribution in [0.2, 0.25) is 0 Å². The summed E-state index contributed by atoms with van der Waals surface area (Å²) in [5.74, 6) is 0.662. The Bertz CT molecular complexity index is 315. The minimum Gasteiger partial charge on any atom is -0.303 e. The van der Waals surface area contributed by atoms with Crippen molar-refractivity contribution in [1.29, 1.82) is 0 Å². The summed E-state index contributed by atoms with van der Waals surface area (Å²) in [6.07, 6.45) is 8.34. The largest absolute Gasteiger partial charge is 0.470 e. The van der Waals surface area contributed by atoms with Crippen molar-refractivity contribution < 1.29 is 18.9 Å². The molecule has 5 heteroatoms. The van der Waals surface area contributed by atoms with Gasteiger partial charge in [-0.15, -0.1) is 0 Å². The SMILES string of the molecule is CCCCCC(CC)C(CCC)C(C)(CC)OP(=O)(O)O. The molecule has 21 heavy (non-hydrogen) atoms. The number of phosphoric ester groups is 1. The first kappa shape index (κ1) is 21.1. The van der Waals surface area contributed by atoms with E-state index in [1.807, 2.05) is 13.8 Å². The summed E-state index contributed by atoms with van der Waals surface area (Å²) >= 11 is 0. The van der Waals surface area contributed by atoms with Crippen LogP contribution in [-0.4, -0.2) is 15.4 Å². The Balaban J connectivity index is 5.13. The van der Waals surface area contributed by atoms with E-state index in [0.717, 1.165) is 25.7 Å². The molecular formula is C16H35O4P. The Kier molecular flexibility index (Phi) is 10.0. The van der Waals surface area contributed by atoms with Gasteiger partial charge in [0.05, 0.1) is 5.60 Å². The van der Waals surface area contributed by atoms with Gasteiger partial charge in [0.2, 0.25) is 0 Å². The summed E-state index contributed by atoms with van der Waals surface area (Å²) in [7, 11) is -4.46. The fourth-order valence-electron chi connectivity index (χ4n) is 3.36. The zero-order chi connectivity index (χ0) is 16.5. The van der Waals surface area contributed by atoms with E-state index >= 15 is 0 Å². The summed E-state index contributed by atoms with van der Waals surface area (Å²) < 4.78 is 16.6. The van der Waals surface area contributed by atoms with Crippen LogP contribution in [0.25, 0.3) is 0 Å². The van der Waals surface area contributed by atoms with Gasteiger partial charge in [-0.3, -0.25) is 4.52 Å². The van der Waals surface area contributed by atoms with Crippen LogP contribution in [0.1, 0.15) is 86.0 Å². The van der Waals surface area contributed by atoms with Gasteiger partial charge in [-0.25, -0.2) is 4.57 Å². The lowest BCUT2D eigenvalue weighted by molar-refractivity contribution is -0.0341. The van der Waals surface area contributed by atoms with Crippen LogP contribution in [0, 0.1) is 11.8 Å². The van der Waals surface area contributed by atoms with Gasteiger partial charge >= 0.3 is 7.82 Å². The molecular weight excluding hydrogens is 287 g/mol. The van der Waals surface area contributed by atoms with Gasteiger partial charge in [-0.05, 0) is 31.6 Å².